The Morgan fingerprint density at radius 3 is 2.21 bits per heavy atom. The molecule has 0 aliphatic heterocycles. The topological polar surface area (TPSA) is 12.0 Å². The van der Waals surface area contributed by atoms with Gasteiger partial charge in [0.1, 0.15) is 0 Å². The molecule has 80 valence electrons. The smallest absolute Gasteiger partial charge is 0.00233 e. The Bertz CT molecular complexity index is 211. The van der Waals surface area contributed by atoms with Crippen molar-refractivity contribution in [2.45, 2.75) is 38.5 Å². The zero-order valence-corrected chi connectivity index (χ0v) is 9.34. The normalized spacial score (nSPS) is 50.8. The van der Waals surface area contributed by atoms with Gasteiger partial charge in [0.05, 0.1) is 0 Å². The molecule has 5 atom stereocenters. The van der Waals surface area contributed by atoms with Crippen LogP contribution in [0.2, 0.25) is 0 Å². The third kappa shape index (κ3) is 1.50. The molecule has 1 heteroatoms. The molecule has 0 amide bonds. The van der Waals surface area contributed by atoms with Crippen molar-refractivity contribution in [2.75, 3.05) is 13.6 Å². The van der Waals surface area contributed by atoms with Crippen LogP contribution in [0.15, 0.2) is 0 Å². The van der Waals surface area contributed by atoms with Crippen LogP contribution >= 0.6 is 0 Å². The quantitative estimate of drug-likeness (QED) is 0.711. The van der Waals surface area contributed by atoms with Gasteiger partial charge in [-0.3, -0.25) is 0 Å². The first-order chi connectivity index (χ1) is 6.85. The summed E-state index contributed by atoms with van der Waals surface area (Å²) in [5, 5.41) is 3.38. The van der Waals surface area contributed by atoms with Crippen LogP contribution in [0.5, 0.6) is 0 Å². The summed E-state index contributed by atoms with van der Waals surface area (Å²) in [4.78, 5) is 0. The fourth-order valence-electron chi connectivity index (χ4n) is 4.75. The molecule has 0 aromatic rings. The Kier molecular flexibility index (Phi) is 2.31. The molecule has 0 heterocycles. The zero-order chi connectivity index (χ0) is 9.54. The van der Waals surface area contributed by atoms with Crippen LogP contribution < -0.4 is 5.32 Å². The number of fused-ring (bicyclic) bond motifs is 2. The van der Waals surface area contributed by atoms with Gasteiger partial charge in [0.2, 0.25) is 0 Å². The molecule has 1 N–H and O–H groups in total. The van der Waals surface area contributed by atoms with Crippen molar-refractivity contribution in [1.82, 2.24) is 5.32 Å². The van der Waals surface area contributed by atoms with E-state index < -0.39 is 0 Å². The SMILES string of the molecule is CNCC1CC2CC3CC(C1)C(C2)C3. The second-order valence-corrected chi connectivity index (χ2v) is 6.09. The van der Waals surface area contributed by atoms with Gasteiger partial charge >= 0.3 is 0 Å². The minimum absolute atomic E-state index is 0.999. The van der Waals surface area contributed by atoms with Crippen molar-refractivity contribution in [3.63, 3.8) is 0 Å². The zero-order valence-electron chi connectivity index (χ0n) is 9.34. The van der Waals surface area contributed by atoms with Crippen LogP contribution in [0.1, 0.15) is 38.5 Å². The predicted molar refractivity (Wildman–Crippen MR) is 59.1 cm³/mol. The predicted octanol–water partition coefficient (Wildman–Crippen LogP) is 2.67. The van der Waals surface area contributed by atoms with Crippen LogP contribution in [0.3, 0.4) is 0 Å². The number of nitrogens with one attached hydrogen (secondary N) is 1. The summed E-state index contributed by atoms with van der Waals surface area (Å²) >= 11 is 0. The number of rotatable bonds is 2. The van der Waals surface area contributed by atoms with Crippen molar-refractivity contribution >= 4 is 0 Å². The molecule has 0 radical (unpaired) electrons. The minimum Gasteiger partial charge on any atom is -0.319 e. The van der Waals surface area contributed by atoms with E-state index in [-0.39, 0.29) is 0 Å². The van der Waals surface area contributed by atoms with Gasteiger partial charge in [-0.2, -0.15) is 0 Å². The lowest BCUT2D eigenvalue weighted by atomic mass is 9.78. The molecule has 5 unspecified atom stereocenters. The average Bonchev–Trinajstić information content (AvgIpc) is 2.35. The van der Waals surface area contributed by atoms with Gasteiger partial charge in [-0.15, -0.1) is 0 Å². The van der Waals surface area contributed by atoms with Crippen molar-refractivity contribution in [2.24, 2.45) is 29.6 Å². The van der Waals surface area contributed by atoms with Crippen LogP contribution in [-0.4, -0.2) is 13.6 Å². The second kappa shape index (κ2) is 3.52. The van der Waals surface area contributed by atoms with Crippen molar-refractivity contribution in [3.8, 4) is 0 Å². The summed E-state index contributed by atoms with van der Waals surface area (Å²) in [5.41, 5.74) is 0. The maximum atomic E-state index is 3.38. The van der Waals surface area contributed by atoms with E-state index in [4.69, 9.17) is 0 Å². The first-order valence-electron chi connectivity index (χ1n) is 6.49. The Morgan fingerprint density at radius 1 is 0.857 bits per heavy atom. The van der Waals surface area contributed by atoms with E-state index >= 15 is 0 Å². The maximum Gasteiger partial charge on any atom is -0.00233 e. The highest BCUT2D eigenvalue weighted by Crippen LogP contribution is 2.54. The lowest BCUT2D eigenvalue weighted by molar-refractivity contribution is 0.237. The highest BCUT2D eigenvalue weighted by atomic mass is 14.8. The van der Waals surface area contributed by atoms with Gasteiger partial charge < -0.3 is 5.32 Å². The third-order valence-corrected chi connectivity index (χ3v) is 5.04. The van der Waals surface area contributed by atoms with Gasteiger partial charge in [-0.25, -0.2) is 0 Å². The fraction of sp³-hybridized carbons (Fsp3) is 1.00. The Balaban J connectivity index is 1.74. The summed E-state index contributed by atoms with van der Waals surface area (Å²) < 4.78 is 0. The van der Waals surface area contributed by atoms with E-state index in [1.807, 2.05) is 0 Å². The van der Waals surface area contributed by atoms with E-state index in [9.17, 15) is 0 Å². The first-order valence-corrected chi connectivity index (χ1v) is 6.49. The molecule has 0 aromatic carbocycles. The van der Waals surface area contributed by atoms with Crippen LogP contribution in [0, 0.1) is 29.6 Å². The summed E-state index contributed by atoms with van der Waals surface area (Å²) in [7, 11) is 2.11. The van der Waals surface area contributed by atoms with E-state index in [0.29, 0.717) is 0 Å². The Morgan fingerprint density at radius 2 is 1.50 bits per heavy atom. The molecule has 3 bridgehead atoms. The Labute approximate surface area is 87.7 Å². The maximum absolute atomic E-state index is 3.38. The number of hydrogen-bond donors (Lipinski definition) is 1. The van der Waals surface area contributed by atoms with Crippen LogP contribution in [0.25, 0.3) is 0 Å². The van der Waals surface area contributed by atoms with Crippen molar-refractivity contribution < 1.29 is 0 Å². The minimum atomic E-state index is 0.999. The molecule has 3 aliphatic rings. The standard InChI is InChI=1S/C13H23N/c1-14-8-11-3-9-2-10-5-12(4-9)13(6-10)7-11/h9-14H,2-8H2,1H3. The first kappa shape index (κ1) is 9.21. The van der Waals surface area contributed by atoms with E-state index in [1.54, 1.807) is 32.1 Å². The van der Waals surface area contributed by atoms with Gasteiger partial charge in [-0.05, 0) is 81.7 Å². The molecule has 3 aliphatic carbocycles. The molecular weight excluding hydrogens is 170 g/mol. The summed E-state index contributed by atoms with van der Waals surface area (Å²) in [6.07, 6.45) is 9.41. The highest BCUT2D eigenvalue weighted by molar-refractivity contribution is 4.95. The van der Waals surface area contributed by atoms with E-state index in [1.165, 1.54) is 13.0 Å². The summed E-state index contributed by atoms with van der Waals surface area (Å²) in [5.74, 6) is 5.49. The van der Waals surface area contributed by atoms with Gasteiger partial charge in [-0.1, -0.05) is 0 Å². The average molecular weight is 193 g/mol. The highest BCUT2D eigenvalue weighted by Gasteiger charge is 2.44. The fourth-order valence-corrected chi connectivity index (χ4v) is 4.75. The van der Waals surface area contributed by atoms with Gasteiger partial charge in [0.15, 0.2) is 0 Å². The molecular formula is C13H23N. The molecule has 0 aromatic heterocycles. The molecule has 3 saturated carbocycles. The third-order valence-electron chi connectivity index (χ3n) is 5.04. The van der Waals surface area contributed by atoms with E-state index in [0.717, 1.165) is 29.6 Å². The van der Waals surface area contributed by atoms with Crippen molar-refractivity contribution in [1.29, 1.82) is 0 Å². The molecule has 3 rings (SSSR count). The number of hydrogen-bond acceptors (Lipinski definition) is 1. The monoisotopic (exact) mass is 193 g/mol. The molecule has 3 fully saturated rings. The lowest BCUT2D eigenvalue weighted by Crippen LogP contribution is -2.23. The van der Waals surface area contributed by atoms with Crippen LogP contribution in [-0.2, 0) is 0 Å². The molecule has 14 heavy (non-hydrogen) atoms. The van der Waals surface area contributed by atoms with Gasteiger partial charge in [0, 0.05) is 0 Å². The van der Waals surface area contributed by atoms with E-state index in [2.05, 4.69) is 12.4 Å². The molecule has 0 saturated heterocycles. The second-order valence-electron chi connectivity index (χ2n) is 6.09. The largest absolute Gasteiger partial charge is 0.319 e. The van der Waals surface area contributed by atoms with Crippen molar-refractivity contribution in [3.05, 3.63) is 0 Å². The lowest BCUT2D eigenvalue weighted by Gasteiger charge is -2.28. The Hall–Kier alpha value is -0.0400. The molecule has 0 spiro atoms. The summed E-state index contributed by atoms with van der Waals surface area (Å²) in [6.45, 7) is 1.27. The van der Waals surface area contributed by atoms with Gasteiger partial charge in [0.25, 0.3) is 0 Å². The van der Waals surface area contributed by atoms with Crippen LogP contribution in [0.4, 0.5) is 0 Å². The summed E-state index contributed by atoms with van der Waals surface area (Å²) in [6, 6.07) is 0. The molecule has 1 nitrogen and oxygen atoms in total.